The van der Waals surface area contributed by atoms with Crippen LogP contribution in [-0.2, 0) is 13.5 Å². The fourth-order valence-electron chi connectivity index (χ4n) is 1.65. The van der Waals surface area contributed by atoms with Gasteiger partial charge in [-0.1, -0.05) is 0 Å². The van der Waals surface area contributed by atoms with Gasteiger partial charge in [0.2, 0.25) is 0 Å². The van der Waals surface area contributed by atoms with Gasteiger partial charge in [-0.3, -0.25) is 4.68 Å². The van der Waals surface area contributed by atoms with Crippen molar-refractivity contribution in [3.8, 4) is 6.07 Å². The Bertz CT molecular complexity index is 583. The molecule has 18 heavy (non-hydrogen) atoms. The second kappa shape index (κ2) is 5.69. The Kier molecular flexibility index (Phi) is 4.00. The normalized spacial score (nSPS) is 10.1. The lowest BCUT2D eigenvalue weighted by Crippen LogP contribution is -2.05. The van der Waals surface area contributed by atoms with Crippen LogP contribution >= 0.6 is 15.9 Å². The molecule has 2 aromatic rings. The lowest BCUT2D eigenvalue weighted by Gasteiger charge is -2.06. The van der Waals surface area contributed by atoms with Gasteiger partial charge in [0.1, 0.15) is 6.07 Å². The zero-order chi connectivity index (χ0) is 13.0. The molecule has 1 aromatic carbocycles. The minimum absolute atomic E-state index is 0.644. The number of nitrogens with one attached hydrogen (secondary N) is 1. The Labute approximate surface area is 114 Å². The first kappa shape index (κ1) is 12.7. The molecule has 0 bridgehead atoms. The Morgan fingerprint density at radius 2 is 2.28 bits per heavy atom. The second-order valence-corrected chi connectivity index (χ2v) is 4.82. The number of anilines is 1. The number of rotatable bonds is 4. The number of nitrogens with zero attached hydrogens (tertiary/aromatic N) is 3. The standard InChI is InChI=1S/C13H13BrN4/c1-18-7-5-11(17-18)4-6-16-12-3-2-10(9-15)13(14)8-12/h2-3,5,7-8,16H,4,6H2,1H3. The van der Waals surface area contributed by atoms with Crippen molar-refractivity contribution in [3.05, 3.63) is 46.2 Å². The SMILES string of the molecule is Cn1ccc(CCNc2ccc(C#N)c(Br)c2)n1. The summed E-state index contributed by atoms with van der Waals surface area (Å²) in [6.07, 6.45) is 2.81. The molecule has 0 aliphatic heterocycles. The largest absolute Gasteiger partial charge is 0.385 e. The highest BCUT2D eigenvalue weighted by Gasteiger charge is 2.01. The van der Waals surface area contributed by atoms with Gasteiger partial charge in [0.15, 0.2) is 0 Å². The highest BCUT2D eigenvalue weighted by atomic mass is 79.9. The molecule has 0 amide bonds. The second-order valence-electron chi connectivity index (χ2n) is 3.96. The average molecular weight is 305 g/mol. The van der Waals surface area contributed by atoms with E-state index in [0.29, 0.717) is 5.56 Å². The Morgan fingerprint density at radius 1 is 1.44 bits per heavy atom. The number of hydrogen-bond acceptors (Lipinski definition) is 3. The first-order valence-electron chi connectivity index (χ1n) is 5.61. The molecule has 0 spiro atoms. The van der Waals surface area contributed by atoms with E-state index in [4.69, 9.17) is 5.26 Å². The van der Waals surface area contributed by atoms with Crippen LogP contribution in [0.2, 0.25) is 0 Å². The quantitative estimate of drug-likeness (QED) is 0.945. The number of aromatic nitrogens is 2. The molecule has 0 saturated carbocycles. The van der Waals surface area contributed by atoms with E-state index in [9.17, 15) is 0 Å². The van der Waals surface area contributed by atoms with E-state index in [2.05, 4.69) is 32.4 Å². The molecule has 1 heterocycles. The van der Waals surface area contributed by atoms with Gasteiger partial charge in [-0.25, -0.2) is 0 Å². The third kappa shape index (κ3) is 3.11. The van der Waals surface area contributed by atoms with Crippen molar-refractivity contribution in [2.45, 2.75) is 6.42 Å². The van der Waals surface area contributed by atoms with E-state index in [0.717, 1.165) is 28.8 Å². The summed E-state index contributed by atoms with van der Waals surface area (Å²) in [4.78, 5) is 0. The monoisotopic (exact) mass is 304 g/mol. The van der Waals surface area contributed by atoms with Crippen LogP contribution < -0.4 is 5.32 Å². The fourth-order valence-corrected chi connectivity index (χ4v) is 2.11. The number of benzene rings is 1. The number of aryl methyl sites for hydroxylation is 1. The molecular formula is C13H13BrN4. The number of nitriles is 1. The molecule has 1 aromatic heterocycles. The smallest absolute Gasteiger partial charge is 0.100 e. The van der Waals surface area contributed by atoms with E-state index >= 15 is 0 Å². The van der Waals surface area contributed by atoms with E-state index in [1.54, 1.807) is 10.7 Å². The predicted molar refractivity (Wildman–Crippen MR) is 74.3 cm³/mol. The molecule has 0 atom stereocenters. The van der Waals surface area contributed by atoms with E-state index in [1.807, 2.05) is 31.4 Å². The molecule has 4 nitrogen and oxygen atoms in total. The summed E-state index contributed by atoms with van der Waals surface area (Å²) in [5.74, 6) is 0. The summed E-state index contributed by atoms with van der Waals surface area (Å²) in [7, 11) is 1.91. The number of halogens is 1. The maximum atomic E-state index is 8.83. The fraction of sp³-hybridized carbons (Fsp3) is 0.231. The van der Waals surface area contributed by atoms with Gasteiger partial charge in [0.25, 0.3) is 0 Å². The summed E-state index contributed by atoms with van der Waals surface area (Å²) in [5.41, 5.74) is 2.71. The summed E-state index contributed by atoms with van der Waals surface area (Å²) in [6, 6.07) is 9.75. The summed E-state index contributed by atoms with van der Waals surface area (Å²) in [5, 5.41) is 16.4. The Balaban J connectivity index is 1.91. The van der Waals surface area contributed by atoms with Crippen molar-refractivity contribution in [1.29, 1.82) is 5.26 Å². The molecule has 2 rings (SSSR count). The molecule has 0 saturated heterocycles. The molecule has 0 fully saturated rings. The molecule has 0 aliphatic rings. The van der Waals surface area contributed by atoms with Crippen molar-refractivity contribution in [2.75, 3.05) is 11.9 Å². The minimum Gasteiger partial charge on any atom is -0.385 e. The van der Waals surface area contributed by atoms with Crippen molar-refractivity contribution in [2.24, 2.45) is 7.05 Å². The van der Waals surface area contributed by atoms with Gasteiger partial charge < -0.3 is 5.32 Å². The van der Waals surface area contributed by atoms with Crippen molar-refractivity contribution < 1.29 is 0 Å². The molecule has 5 heteroatoms. The number of hydrogen-bond donors (Lipinski definition) is 1. The van der Waals surface area contributed by atoms with Crippen LogP contribution in [0.25, 0.3) is 0 Å². The van der Waals surface area contributed by atoms with Crippen molar-refractivity contribution >= 4 is 21.6 Å². The summed E-state index contributed by atoms with van der Waals surface area (Å²) in [6.45, 7) is 0.815. The van der Waals surface area contributed by atoms with Gasteiger partial charge >= 0.3 is 0 Å². The Morgan fingerprint density at radius 3 is 2.89 bits per heavy atom. The summed E-state index contributed by atoms with van der Waals surface area (Å²) >= 11 is 3.37. The van der Waals surface area contributed by atoms with Crippen LogP contribution in [0.5, 0.6) is 0 Å². The van der Waals surface area contributed by atoms with E-state index in [1.165, 1.54) is 0 Å². The van der Waals surface area contributed by atoms with Gasteiger partial charge in [0.05, 0.1) is 11.3 Å². The molecule has 0 unspecified atom stereocenters. The zero-order valence-electron chi connectivity index (χ0n) is 10.0. The topological polar surface area (TPSA) is 53.6 Å². The Hall–Kier alpha value is -1.80. The third-order valence-corrected chi connectivity index (χ3v) is 3.22. The molecule has 0 radical (unpaired) electrons. The van der Waals surface area contributed by atoms with E-state index < -0.39 is 0 Å². The van der Waals surface area contributed by atoms with Gasteiger partial charge in [-0.15, -0.1) is 0 Å². The van der Waals surface area contributed by atoms with Crippen molar-refractivity contribution in [1.82, 2.24) is 9.78 Å². The molecule has 0 aliphatic carbocycles. The van der Waals surface area contributed by atoms with Gasteiger partial charge in [-0.2, -0.15) is 10.4 Å². The highest BCUT2D eigenvalue weighted by Crippen LogP contribution is 2.20. The first-order chi connectivity index (χ1) is 8.69. The molecular weight excluding hydrogens is 292 g/mol. The zero-order valence-corrected chi connectivity index (χ0v) is 11.6. The predicted octanol–water partition coefficient (Wildman–Crippen LogP) is 2.71. The average Bonchev–Trinajstić information content (AvgIpc) is 2.75. The molecule has 1 N–H and O–H groups in total. The van der Waals surface area contributed by atoms with Crippen LogP contribution in [0, 0.1) is 11.3 Å². The van der Waals surface area contributed by atoms with Gasteiger partial charge in [-0.05, 0) is 40.2 Å². The van der Waals surface area contributed by atoms with Crippen LogP contribution in [0.3, 0.4) is 0 Å². The summed E-state index contributed by atoms with van der Waals surface area (Å²) < 4.78 is 2.61. The highest BCUT2D eigenvalue weighted by molar-refractivity contribution is 9.10. The van der Waals surface area contributed by atoms with Gasteiger partial charge in [0, 0.05) is 36.4 Å². The van der Waals surface area contributed by atoms with Crippen LogP contribution in [0.1, 0.15) is 11.3 Å². The van der Waals surface area contributed by atoms with E-state index in [-0.39, 0.29) is 0 Å². The first-order valence-corrected chi connectivity index (χ1v) is 6.40. The van der Waals surface area contributed by atoms with Crippen LogP contribution in [-0.4, -0.2) is 16.3 Å². The maximum absolute atomic E-state index is 8.83. The van der Waals surface area contributed by atoms with Crippen LogP contribution in [0.15, 0.2) is 34.9 Å². The van der Waals surface area contributed by atoms with Crippen molar-refractivity contribution in [3.63, 3.8) is 0 Å². The minimum atomic E-state index is 0.644. The van der Waals surface area contributed by atoms with Crippen LogP contribution in [0.4, 0.5) is 5.69 Å². The third-order valence-electron chi connectivity index (χ3n) is 2.57. The molecule has 92 valence electrons. The lowest BCUT2D eigenvalue weighted by atomic mass is 10.2. The lowest BCUT2D eigenvalue weighted by molar-refractivity contribution is 0.742. The maximum Gasteiger partial charge on any atom is 0.100 e.